The Balaban J connectivity index is 1.28. The van der Waals surface area contributed by atoms with Crippen molar-refractivity contribution in [2.45, 2.75) is 50.7 Å². The molecule has 1 atom stereocenters. The van der Waals surface area contributed by atoms with Gasteiger partial charge < -0.3 is 5.32 Å². The summed E-state index contributed by atoms with van der Waals surface area (Å²) >= 11 is 0. The number of rotatable bonds is 4. The van der Waals surface area contributed by atoms with Gasteiger partial charge in [-0.25, -0.2) is 0 Å². The van der Waals surface area contributed by atoms with E-state index >= 15 is 0 Å². The van der Waals surface area contributed by atoms with E-state index in [2.05, 4.69) is 58.5 Å². The van der Waals surface area contributed by atoms with Crippen molar-refractivity contribution in [2.24, 2.45) is 0 Å². The Morgan fingerprint density at radius 2 is 1.58 bits per heavy atom. The standard InChI is InChI=1S/C21H27N3/c1-16(17-6-10-22-11-7-17)24-12-8-20(9-13-24)23-21-14-18-4-2-3-5-19(18)15-21/h2-7,10-11,16,20-21,23H,8-9,12-15H2,1H3/t16-/m1/s1. The SMILES string of the molecule is C[C@H](c1ccncc1)N1CCC(NC2Cc3ccccc3C2)CC1. The number of fused-ring (bicyclic) bond motifs is 1. The van der Waals surface area contributed by atoms with Crippen LogP contribution in [0.15, 0.2) is 48.8 Å². The lowest BCUT2D eigenvalue weighted by Gasteiger charge is -2.37. The maximum atomic E-state index is 4.13. The van der Waals surface area contributed by atoms with E-state index in [1.807, 2.05) is 12.4 Å². The van der Waals surface area contributed by atoms with Gasteiger partial charge in [0.05, 0.1) is 0 Å². The number of nitrogens with zero attached hydrogens (tertiary/aromatic N) is 2. The first-order chi connectivity index (χ1) is 11.8. The second kappa shape index (κ2) is 7.04. The predicted octanol–water partition coefficient (Wildman–Crippen LogP) is 3.36. The topological polar surface area (TPSA) is 28.2 Å². The molecule has 1 aromatic carbocycles. The molecule has 126 valence electrons. The molecule has 3 heteroatoms. The maximum absolute atomic E-state index is 4.13. The van der Waals surface area contributed by atoms with Crippen LogP contribution in [0.25, 0.3) is 0 Å². The summed E-state index contributed by atoms with van der Waals surface area (Å²) in [6, 6.07) is 15.0. The summed E-state index contributed by atoms with van der Waals surface area (Å²) in [5.74, 6) is 0. The quantitative estimate of drug-likeness (QED) is 0.936. The van der Waals surface area contributed by atoms with Crippen molar-refractivity contribution in [2.75, 3.05) is 13.1 Å². The summed E-state index contributed by atoms with van der Waals surface area (Å²) in [6.45, 7) is 4.68. The van der Waals surface area contributed by atoms with Crippen LogP contribution >= 0.6 is 0 Å². The van der Waals surface area contributed by atoms with Gasteiger partial charge in [-0.1, -0.05) is 24.3 Å². The minimum atomic E-state index is 0.490. The number of hydrogen-bond acceptors (Lipinski definition) is 3. The van der Waals surface area contributed by atoms with E-state index in [1.54, 1.807) is 11.1 Å². The third-order valence-corrected chi connectivity index (χ3v) is 5.79. The number of aromatic nitrogens is 1. The van der Waals surface area contributed by atoms with Gasteiger partial charge in [0.25, 0.3) is 0 Å². The van der Waals surface area contributed by atoms with Crippen molar-refractivity contribution >= 4 is 0 Å². The first-order valence-corrected chi connectivity index (χ1v) is 9.26. The van der Waals surface area contributed by atoms with Gasteiger partial charge in [-0.3, -0.25) is 9.88 Å². The van der Waals surface area contributed by atoms with Gasteiger partial charge in [-0.2, -0.15) is 0 Å². The zero-order valence-corrected chi connectivity index (χ0v) is 14.5. The summed E-state index contributed by atoms with van der Waals surface area (Å²) in [5.41, 5.74) is 4.46. The van der Waals surface area contributed by atoms with Gasteiger partial charge in [0.1, 0.15) is 0 Å². The van der Waals surface area contributed by atoms with Crippen LogP contribution in [0.2, 0.25) is 0 Å². The molecule has 4 rings (SSSR count). The van der Waals surface area contributed by atoms with E-state index < -0.39 is 0 Å². The molecule has 1 N–H and O–H groups in total. The van der Waals surface area contributed by atoms with E-state index in [-0.39, 0.29) is 0 Å². The Kier molecular flexibility index (Phi) is 4.63. The van der Waals surface area contributed by atoms with Crippen LogP contribution < -0.4 is 5.32 Å². The predicted molar refractivity (Wildman–Crippen MR) is 98.0 cm³/mol. The van der Waals surface area contributed by atoms with Crippen LogP contribution in [0, 0.1) is 0 Å². The van der Waals surface area contributed by atoms with Gasteiger partial charge in [-0.05, 0) is 61.4 Å². The van der Waals surface area contributed by atoms with Crippen LogP contribution in [0.5, 0.6) is 0 Å². The van der Waals surface area contributed by atoms with Crippen LogP contribution in [0.4, 0.5) is 0 Å². The number of benzene rings is 1. The van der Waals surface area contributed by atoms with Crippen molar-refractivity contribution in [3.8, 4) is 0 Å². The molecule has 24 heavy (non-hydrogen) atoms. The molecule has 1 aromatic heterocycles. The number of nitrogens with one attached hydrogen (secondary N) is 1. The normalized spacial score (nSPS) is 20.9. The van der Waals surface area contributed by atoms with E-state index in [9.17, 15) is 0 Å². The minimum Gasteiger partial charge on any atom is -0.310 e. The van der Waals surface area contributed by atoms with Crippen LogP contribution in [0.3, 0.4) is 0 Å². The smallest absolute Gasteiger partial charge is 0.0321 e. The molecule has 1 fully saturated rings. The minimum absolute atomic E-state index is 0.490. The van der Waals surface area contributed by atoms with Gasteiger partial charge in [0, 0.05) is 43.6 Å². The largest absolute Gasteiger partial charge is 0.310 e. The van der Waals surface area contributed by atoms with Gasteiger partial charge in [-0.15, -0.1) is 0 Å². The van der Waals surface area contributed by atoms with Gasteiger partial charge in [0.2, 0.25) is 0 Å². The van der Waals surface area contributed by atoms with Gasteiger partial charge >= 0.3 is 0 Å². The van der Waals surface area contributed by atoms with Crippen LogP contribution in [-0.4, -0.2) is 35.1 Å². The highest BCUT2D eigenvalue weighted by molar-refractivity contribution is 5.33. The van der Waals surface area contributed by atoms with Crippen LogP contribution in [0.1, 0.15) is 42.5 Å². The van der Waals surface area contributed by atoms with E-state index in [0.717, 1.165) is 0 Å². The molecule has 0 spiro atoms. The van der Waals surface area contributed by atoms with Crippen molar-refractivity contribution in [1.82, 2.24) is 15.2 Å². The second-order valence-electron chi connectivity index (χ2n) is 7.31. The number of pyridine rings is 1. The average molecular weight is 321 g/mol. The lowest BCUT2D eigenvalue weighted by Crippen LogP contribution is -2.47. The molecule has 1 aliphatic carbocycles. The molecular formula is C21H27N3. The molecule has 2 aliphatic rings. The third-order valence-electron chi connectivity index (χ3n) is 5.79. The first kappa shape index (κ1) is 15.8. The summed E-state index contributed by atoms with van der Waals surface area (Å²) in [4.78, 5) is 6.74. The number of likely N-dealkylation sites (tertiary alicyclic amines) is 1. The Hall–Kier alpha value is -1.71. The number of hydrogen-bond donors (Lipinski definition) is 1. The summed E-state index contributed by atoms with van der Waals surface area (Å²) in [7, 11) is 0. The zero-order valence-electron chi connectivity index (χ0n) is 14.5. The molecule has 2 heterocycles. The first-order valence-electron chi connectivity index (χ1n) is 9.26. The van der Waals surface area contributed by atoms with Crippen LogP contribution in [-0.2, 0) is 12.8 Å². The maximum Gasteiger partial charge on any atom is 0.0321 e. The van der Waals surface area contributed by atoms with Crippen molar-refractivity contribution < 1.29 is 0 Å². The van der Waals surface area contributed by atoms with Crippen molar-refractivity contribution in [1.29, 1.82) is 0 Å². The zero-order chi connectivity index (χ0) is 16.4. The molecular weight excluding hydrogens is 294 g/mol. The molecule has 1 saturated heterocycles. The highest BCUT2D eigenvalue weighted by atomic mass is 15.2. The lowest BCUT2D eigenvalue weighted by molar-refractivity contribution is 0.148. The summed E-state index contributed by atoms with van der Waals surface area (Å²) in [6.07, 6.45) is 8.70. The average Bonchev–Trinajstić information content (AvgIpc) is 3.05. The molecule has 0 amide bonds. The molecule has 0 bridgehead atoms. The summed E-state index contributed by atoms with van der Waals surface area (Å²) < 4.78 is 0. The van der Waals surface area contributed by atoms with E-state index in [4.69, 9.17) is 0 Å². The molecule has 0 saturated carbocycles. The molecule has 3 nitrogen and oxygen atoms in total. The number of piperidine rings is 1. The fraction of sp³-hybridized carbons (Fsp3) is 0.476. The Morgan fingerprint density at radius 1 is 0.958 bits per heavy atom. The van der Waals surface area contributed by atoms with E-state index in [0.29, 0.717) is 18.1 Å². The highest BCUT2D eigenvalue weighted by Gasteiger charge is 2.27. The Bertz CT molecular complexity index is 637. The van der Waals surface area contributed by atoms with Crippen molar-refractivity contribution in [3.05, 3.63) is 65.5 Å². The lowest BCUT2D eigenvalue weighted by atomic mass is 9.99. The molecule has 0 unspecified atom stereocenters. The fourth-order valence-corrected chi connectivity index (χ4v) is 4.32. The molecule has 2 aromatic rings. The Morgan fingerprint density at radius 3 is 2.21 bits per heavy atom. The summed E-state index contributed by atoms with van der Waals surface area (Å²) in [5, 5.41) is 3.93. The van der Waals surface area contributed by atoms with E-state index in [1.165, 1.54) is 44.3 Å². The van der Waals surface area contributed by atoms with Gasteiger partial charge in [0.15, 0.2) is 0 Å². The second-order valence-corrected chi connectivity index (χ2v) is 7.31. The highest BCUT2D eigenvalue weighted by Crippen LogP contribution is 2.26. The van der Waals surface area contributed by atoms with Crippen molar-refractivity contribution in [3.63, 3.8) is 0 Å². The third kappa shape index (κ3) is 3.38. The fourth-order valence-electron chi connectivity index (χ4n) is 4.32. The molecule has 0 radical (unpaired) electrons. The Labute approximate surface area is 145 Å². The monoisotopic (exact) mass is 321 g/mol. The molecule has 1 aliphatic heterocycles.